The lowest BCUT2D eigenvalue weighted by atomic mass is 9.51. The van der Waals surface area contributed by atoms with E-state index < -0.39 is 0 Å². The second kappa shape index (κ2) is 14.7. The van der Waals surface area contributed by atoms with Crippen molar-refractivity contribution in [3.8, 4) is 0 Å². The van der Waals surface area contributed by atoms with Crippen LogP contribution in [0.25, 0.3) is 0 Å². The molecule has 2 nitrogen and oxygen atoms in total. The normalized spacial score (nSPS) is 39.6. The highest BCUT2D eigenvalue weighted by atomic mass is 16.3. The van der Waals surface area contributed by atoms with E-state index in [9.17, 15) is 10.2 Å². The third-order valence-electron chi connectivity index (χ3n) is 13.1. The Labute approximate surface area is 236 Å². The van der Waals surface area contributed by atoms with E-state index >= 15 is 0 Å². The first-order chi connectivity index (χ1) is 18.7. The Morgan fingerprint density at radius 2 is 0.711 bits per heavy atom. The molecule has 5 rings (SSSR count). The summed E-state index contributed by atoms with van der Waals surface area (Å²) in [6, 6.07) is 0. The summed E-state index contributed by atoms with van der Waals surface area (Å²) in [5, 5.41) is 22.6. The van der Waals surface area contributed by atoms with E-state index in [0.29, 0.717) is 17.3 Å². The molecule has 0 radical (unpaired) electrons. The van der Waals surface area contributed by atoms with Gasteiger partial charge in [0, 0.05) is 0 Å². The van der Waals surface area contributed by atoms with Gasteiger partial charge in [-0.2, -0.15) is 0 Å². The molecule has 220 valence electrons. The Hall–Kier alpha value is -0.0800. The highest BCUT2D eigenvalue weighted by Gasteiger charge is 2.50. The van der Waals surface area contributed by atoms with E-state index in [1.54, 1.807) is 0 Å². The van der Waals surface area contributed by atoms with Crippen molar-refractivity contribution in [2.24, 2.45) is 40.9 Å². The van der Waals surface area contributed by atoms with Gasteiger partial charge < -0.3 is 10.2 Å². The van der Waals surface area contributed by atoms with Gasteiger partial charge in [-0.25, -0.2) is 0 Å². The molecule has 0 aromatic carbocycles. The summed E-state index contributed by atoms with van der Waals surface area (Å²) in [5.41, 5.74) is 0.472. The third kappa shape index (κ3) is 7.21. The fourth-order valence-electron chi connectivity index (χ4n) is 11.0. The molecule has 0 saturated heterocycles. The molecule has 0 spiro atoms. The Morgan fingerprint density at radius 3 is 1.11 bits per heavy atom. The van der Waals surface area contributed by atoms with Crippen LogP contribution in [0.5, 0.6) is 0 Å². The molecule has 0 amide bonds. The Bertz CT molecular complexity index is 606. The van der Waals surface area contributed by atoms with Gasteiger partial charge in [0.2, 0.25) is 0 Å². The van der Waals surface area contributed by atoms with Crippen LogP contribution in [0.15, 0.2) is 0 Å². The van der Waals surface area contributed by atoms with Gasteiger partial charge in [0.25, 0.3) is 0 Å². The highest BCUT2D eigenvalue weighted by Crippen LogP contribution is 2.58. The number of aliphatic hydroxyl groups excluding tert-OH is 2. The average molecular weight is 529 g/mol. The van der Waals surface area contributed by atoms with Crippen molar-refractivity contribution in [2.75, 3.05) is 0 Å². The molecule has 0 aromatic heterocycles. The van der Waals surface area contributed by atoms with E-state index in [4.69, 9.17) is 0 Å². The number of aliphatic hydroxyl groups is 2. The molecule has 0 aliphatic heterocycles. The first kappa shape index (κ1) is 29.4. The molecule has 5 aliphatic rings. The summed E-state index contributed by atoms with van der Waals surface area (Å²) in [4.78, 5) is 0. The van der Waals surface area contributed by atoms with Crippen molar-refractivity contribution in [1.82, 2.24) is 0 Å². The molecule has 2 heteroatoms. The zero-order valence-corrected chi connectivity index (χ0v) is 25.1. The van der Waals surface area contributed by atoms with Gasteiger partial charge in [0.05, 0.1) is 12.2 Å². The average Bonchev–Trinajstić information content (AvgIpc) is 2.95. The molecule has 5 fully saturated rings. The van der Waals surface area contributed by atoms with E-state index in [0.717, 1.165) is 36.5 Å². The van der Waals surface area contributed by atoms with Crippen LogP contribution in [-0.4, -0.2) is 22.4 Å². The Kier molecular flexibility index (Phi) is 11.4. The molecule has 6 unspecified atom stereocenters. The molecule has 5 aliphatic carbocycles. The van der Waals surface area contributed by atoms with Gasteiger partial charge in [0.15, 0.2) is 0 Å². The topological polar surface area (TPSA) is 40.5 Å². The van der Waals surface area contributed by atoms with Gasteiger partial charge in [-0.1, -0.05) is 122 Å². The first-order valence-corrected chi connectivity index (χ1v) is 18.0. The first-order valence-electron chi connectivity index (χ1n) is 18.0. The van der Waals surface area contributed by atoms with Crippen LogP contribution < -0.4 is 0 Å². The molecule has 38 heavy (non-hydrogen) atoms. The molecule has 0 bridgehead atoms. The third-order valence-corrected chi connectivity index (χ3v) is 13.1. The summed E-state index contributed by atoms with van der Waals surface area (Å²) in [6.45, 7) is 0. The van der Waals surface area contributed by atoms with E-state index in [-0.39, 0.29) is 12.2 Å². The predicted octanol–water partition coefficient (Wildman–Crippen LogP) is 9.99. The number of hydrogen-bond acceptors (Lipinski definition) is 2. The number of hydrogen-bond donors (Lipinski definition) is 2. The van der Waals surface area contributed by atoms with Crippen molar-refractivity contribution in [3.63, 3.8) is 0 Å². The minimum Gasteiger partial charge on any atom is -0.393 e. The molecule has 0 heterocycles. The summed E-state index contributed by atoms with van der Waals surface area (Å²) >= 11 is 0. The van der Waals surface area contributed by atoms with Gasteiger partial charge >= 0.3 is 0 Å². The Balaban J connectivity index is 1.40. The zero-order chi connectivity index (χ0) is 26.2. The van der Waals surface area contributed by atoms with Crippen LogP contribution >= 0.6 is 0 Å². The zero-order valence-electron chi connectivity index (χ0n) is 25.1. The van der Waals surface area contributed by atoms with Crippen LogP contribution in [0, 0.1) is 40.9 Å². The summed E-state index contributed by atoms with van der Waals surface area (Å²) in [6.07, 6.45) is 37.0. The maximum Gasteiger partial charge on any atom is 0.0571 e. The van der Waals surface area contributed by atoms with Crippen LogP contribution in [0.3, 0.4) is 0 Å². The van der Waals surface area contributed by atoms with E-state index in [1.807, 2.05) is 0 Å². The van der Waals surface area contributed by atoms with Crippen molar-refractivity contribution < 1.29 is 10.2 Å². The highest BCUT2D eigenvalue weighted by molar-refractivity contribution is 5.00. The smallest absolute Gasteiger partial charge is 0.0571 e. The van der Waals surface area contributed by atoms with Crippen molar-refractivity contribution >= 4 is 0 Å². The monoisotopic (exact) mass is 528 g/mol. The van der Waals surface area contributed by atoms with Crippen molar-refractivity contribution in [3.05, 3.63) is 0 Å². The van der Waals surface area contributed by atoms with Gasteiger partial charge in [-0.3, -0.25) is 0 Å². The predicted molar refractivity (Wildman–Crippen MR) is 160 cm³/mol. The van der Waals surface area contributed by atoms with Crippen LogP contribution in [0.1, 0.15) is 173 Å². The summed E-state index contributed by atoms with van der Waals surface area (Å²) in [7, 11) is 0. The Morgan fingerprint density at radius 1 is 0.368 bits per heavy atom. The molecule has 0 aromatic rings. The van der Waals surface area contributed by atoms with Crippen molar-refractivity contribution in [2.45, 2.75) is 186 Å². The summed E-state index contributed by atoms with van der Waals surface area (Å²) in [5.74, 6) is 4.33. The lowest BCUT2D eigenvalue weighted by Gasteiger charge is -2.55. The maximum absolute atomic E-state index is 11.3. The second-order valence-corrected chi connectivity index (χ2v) is 15.2. The molecular formula is C36H64O2. The quantitative estimate of drug-likeness (QED) is 0.381. The summed E-state index contributed by atoms with van der Waals surface area (Å²) < 4.78 is 0. The fraction of sp³-hybridized carbons (Fsp3) is 1.00. The molecule has 2 N–H and O–H groups in total. The van der Waals surface area contributed by atoms with E-state index in [2.05, 4.69) is 0 Å². The minimum atomic E-state index is -0.0409. The van der Waals surface area contributed by atoms with Crippen LogP contribution in [0.2, 0.25) is 0 Å². The minimum absolute atomic E-state index is 0.0409. The largest absolute Gasteiger partial charge is 0.393 e. The standard InChI is InChI=1S/C36H64O2/c37-34-22-20-30(26-32(34)28-16-10-8-11-17-28)36(24-14-6-4-2-1-3-5-7-15-25-36)31-21-23-35(38)33(27-31)29-18-12-9-13-19-29/h28-35,37-38H,1-27H2. The lowest BCUT2D eigenvalue weighted by molar-refractivity contribution is -0.0872. The van der Waals surface area contributed by atoms with Gasteiger partial charge in [-0.15, -0.1) is 0 Å². The van der Waals surface area contributed by atoms with Gasteiger partial charge in [-0.05, 0) is 92.3 Å². The SMILES string of the molecule is OC1CCC(C2(C3CCC(O)C(C4CCCCC4)C3)CCCCCCCCCCC2)CC1C1CCCCC1. The molecule has 5 saturated carbocycles. The molecular weight excluding hydrogens is 464 g/mol. The molecule has 6 atom stereocenters. The second-order valence-electron chi connectivity index (χ2n) is 15.2. The van der Waals surface area contributed by atoms with Crippen LogP contribution in [-0.2, 0) is 0 Å². The maximum atomic E-state index is 11.3. The van der Waals surface area contributed by atoms with Crippen LogP contribution in [0.4, 0.5) is 0 Å². The van der Waals surface area contributed by atoms with Crippen molar-refractivity contribution in [1.29, 1.82) is 0 Å². The lowest BCUT2D eigenvalue weighted by Crippen LogP contribution is -2.48. The number of rotatable bonds is 4. The van der Waals surface area contributed by atoms with Gasteiger partial charge in [0.1, 0.15) is 0 Å². The fourth-order valence-corrected chi connectivity index (χ4v) is 11.0. The van der Waals surface area contributed by atoms with E-state index in [1.165, 1.54) is 161 Å².